The van der Waals surface area contributed by atoms with Crippen LogP contribution in [0.4, 0.5) is 0 Å². The zero-order valence-electron chi connectivity index (χ0n) is 15.3. The molecule has 29 heavy (non-hydrogen) atoms. The number of nitrogens with zero attached hydrogens (tertiary/aromatic N) is 1. The summed E-state index contributed by atoms with van der Waals surface area (Å²) in [7, 11) is 0. The monoisotopic (exact) mass is 405 g/mol. The Labute approximate surface area is 166 Å². The van der Waals surface area contributed by atoms with Gasteiger partial charge >= 0.3 is 0 Å². The van der Waals surface area contributed by atoms with Crippen molar-refractivity contribution in [2.75, 3.05) is 6.61 Å². The van der Waals surface area contributed by atoms with E-state index < -0.39 is 30.7 Å². The van der Waals surface area contributed by atoms with Crippen LogP contribution in [-0.4, -0.2) is 74.0 Å². The lowest BCUT2D eigenvalue weighted by molar-refractivity contribution is -0.285. The molecule has 2 heterocycles. The van der Waals surface area contributed by atoms with Crippen molar-refractivity contribution in [1.82, 2.24) is 4.98 Å². The van der Waals surface area contributed by atoms with E-state index in [9.17, 15) is 25.2 Å². The summed E-state index contributed by atoms with van der Waals surface area (Å²) in [6, 6.07) is 10.0. The van der Waals surface area contributed by atoms with Crippen LogP contribution >= 0.6 is 0 Å². The summed E-state index contributed by atoms with van der Waals surface area (Å²) in [5.74, 6) is 0.128. The van der Waals surface area contributed by atoms with Crippen molar-refractivity contribution in [3.63, 3.8) is 0 Å². The highest BCUT2D eigenvalue weighted by Gasteiger charge is 2.43. The van der Waals surface area contributed by atoms with Crippen molar-refractivity contribution in [2.45, 2.75) is 30.7 Å². The highest BCUT2D eigenvalue weighted by Crippen LogP contribution is 2.22. The van der Waals surface area contributed by atoms with Crippen LogP contribution in [0.2, 0.25) is 0 Å². The molecule has 0 aliphatic carbocycles. The molecule has 0 saturated carbocycles. The van der Waals surface area contributed by atoms with Gasteiger partial charge in [0.2, 0.25) is 0 Å². The Hall–Kier alpha value is -2.66. The van der Waals surface area contributed by atoms with Crippen LogP contribution in [0.1, 0.15) is 15.9 Å². The van der Waals surface area contributed by atoms with Gasteiger partial charge < -0.3 is 35.4 Å². The summed E-state index contributed by atoms with van der Waals surface area (Å²) in [5.41, 5.74) is 1.20. The fourth-order valence-corrected chi connectivity index (χ4v) is 2.73. The Morgan fingerprint density at radius 2 is 1.90 bits per heavy atom. The highest BCUT2D eigenvalue weighted by molar-refractivity contribution is 6.07. The molecule has 1 aromatic carbocycles. The Balaban J connectivity index is 0.00000300. The van der Waals surface area contributed by atoms with Crippen LogP contribution in [-0.2, 0) is 4.74 Å². The summed E-state index contributed by atoms with van der Waals surface area (Å²) < 4.78 is 10.6. The van der Waals surface area contributed by atoms with E-state index in [1.807, 2.05) is 6.07 Å². The molecule has 0 bridgehead atoms. The van der Waals surface area contributed by atoms with Gasteiger partial charge in [0.1, 0.15) is 36.8 Å². The van der Waals surface area contributed by atoms with E-state index in [0.29, 0.717) is 11.3 Å². The molecule has 1 aliphatic rings. The first kappa shape index (κ1) is 22.6. The molecule has 9 nitrogen and oxygen atoms in total. The zero-order valence-corrected chi connectivity index (χ0v) is 15.3. The van der Waals surface area contributed by atoms with Crippen LogP contribution in [0.25, 0.3) is 6.08 Å². The predicted octanol–water partition coefficient (Wildman–Crippen LogP) is -0.668. The third-order valence-corrected chi connectivity index (χ3v) is 4.33. The van der Waals surface area contributed by atoms with Crippen LogP contribution < -0.4 is 4.74 Å². The molecule has 1 saturated heterocycles. The number of ketones is 1. The number of rotatable bonds is 6. The second kappa shape index (κ2) is 10.2. The van der Waals surface area contributed by atoms with Gasteiger partial charge in [-0.3, -0.25) is 9.78 Å². The fraction of sp³-hybridized carbons (Fsp3) is 0.300. The van der Waals surface area contributed by atoms with Crippen LogP contribution in [0.15, 0.2) is 54.9 Å². The standard InChI is InChI=1S/C20H21NO7.H2O/c22-15(7-6-12-3-2-8-21-10-12)13-4-1-5-14(9-13)27-11-16-17(23)18(24)19(25)20(26)28-16;/h1-10,16-20,23-26H,11H2;1H2/b7-6+;. The van der Waals surface area contributed by atoms with Gasteiger partial charge in [0, 0.05) is 18.0 Å². The number of allylic oxidation sites excluding steroid dienone is 1. The third-order valence-electron chi connectivity index (χ3n) is 4.33. The molecule has 9 heteroatoms. The maximum absolute atomic E-state index is 12.3. The number of carbonyl (C=O) groups excluding carboxylic acids is 1. The molecule has 0 spiro atoms. The molecule has 5 unspecified atom stereocenters. The maximum Gasteiger partial charge on any atom is 0.185 e. The van der Waals surface area contributed by atoms with E-state index in [1.165, 1.54) is 12.1 Å². The summed E-state index contributed by atoms with van der Waals surface area (Å²) in [6.45, 7) is -0.189. The first-order valence-corrected chi connectivity index (χ1v) is 8.69. The van der Waals surface area contributed by atoms with Gasteiger partial charge in [-0.15, -0.1) is 0 Å². The SMILES string of the molecule is O.O=C(/C=C/c1cccnc1)c1cccc(OCC2OC(O)C(O)C(O)C2O)c1. The number of aliphatic hydroxyl groups excluding tert-OH is 4. The lowest BCUT2D eigenvalue weighted by Crippen LogP contribution is -2.58. The minimum Gasteiger partial charge on any atom is -0.491 e. The molecular weight excluding hydrogens is 382 g/mol. The molecule has 0 amide bonds. The van der Waals surface area contributed by atoms with Crippen molar-refractivity contribution in [2.24, 2.45) is 0 Å². The quantitative estimate of drug-likeness (QED) is 0.363. The largest absolute Gasteiger partial charge is 0.491 e. The van der Waals surface area contributed by atoms with E-state index >= 15 is 0 Å². The van der Waals surface area contributed by atoms with Crippen molar-refractivity contribution in [3.8, 4) is 5.75 Å². The van der Waals surface area contributed by atoms with E-state index in [-0.39, 0.29) is 17.9 Å². The van der Waals surface area contributed by atoms with E-state index in [0.717, 1.165) is 5.56 Å². The minimum atomic E-state index is -1.63. The summed E-state index contributed by atoms with van der Waals surface area (Å²) in [4.78, 5) is 16.3. The number of carbonyl (C=O) groups is 1. The topological polar surface area (TPSA) is 161 Å². The van der Waals surface area contributed by atoms with Gasteiger partial charge in [-0.1, -0.05) is 18.2 Å². The maximum atomic E-state index is 12.3. The van der Waals surface area contributed by atoms with Crippen LogP contribution in [0.5, 0.6) is 5.75 Å². The smallest absolute Gasteiger partial charge is 0.185 e. The average Bonchev–Trinajstić information content (AvgIpc) is 2.73. The second-order valence-corrected chi connectivity index (χ2v) is 6.36. The number of hydrogen-bond acceptors (Lipinski definition) is 8. The first-order valence-electron chi connectivity index (χ1n) is 8.69. The third kappa shape index (κ3) is 5.67. The van der Waals surface area contributed by atoms with Gasteiger partial charge in [0.25, 0.3) is 0 Å². The minimum absolute atomic E-state index is 0. The van der Waals surface area contributed by atoms with Gasteiger partial charge in [0.05, 0.1) is 0 Å². The van der Waals surface area contributed by atoms with Gasteiger partial charge in [-0.25, -0.2) is 0 Å². The molecule has 0 radical (unpaired) electrons. The number of aromatic nitrogens is 1. The lowest BCUT2D eigenvalue weighted by atomic mass is 9.99. The van der Waals surface area contributed by atoms with Crippen molar-refractivity contribution >= 4 is 11.9 Å². The Morgan fingerprint density at radius 1 is 1.10 bits per heavy atom. The van der Waals surface area contributed by atoms with Crippen molar-refractivity contribution < 1.29 is 40.2 Å². The molecule has 6 N–H and O–H groups in total. The Bertz CT molecular complexity index is 828. The van der Waals surface area contributed by atoms with Gasteiger partial charge in [-0.05, 0) is 35.9 Å². The molecule has 1 aliphatic heterocycles. The normalized spacial score (nSPS) is 26.7. The highest BCUT2D eigenvalue weighted by atomic mass is 16.6. The Kier molecular flexibility index (Phi) is 7.97. The number of ether oxygens (including phenoxy) is 2. The summed E-state index contributed by atoms with van der Waals surface area (Å²) in [5, 5.41) is 38.7. The predicted molar refractivity (Wildman–Crippen MR) is 102 cm³/mol. The zero-order chi connectivity index (χ0) is 20.1. The van der Waals surface area contributed by atoms with E-state index in [4.69, 9.17) is 9.47 Å². The lowest BCUT2D eigenvalue weighted by Gasteiger charge is -2.38. The molecule has 3 rings (SSSR count). The number of aliphatic hydroxyl groups is 4. The van der Waals surface area contributed by atoms with Gasteiger partial charge in [-0.2, -0.15) is 0 Å². The van der Waals surface area contributed by atoms with Crippen LogP contribution in [0.3, 0.4) is 0 Å². The molecule has 1 fully saturated rings. The first-order chi connectivity index (χ1) is 13.5. The molecular formula is C20H23NO8. The molecule has 1 aromatic heterocycles. The van der Waals surface area contributed by atoms with Crippen LogP contribution in [0, 0.1) is 0 Å². The fourth-order valence-electron chi connectivity index (χ4n) is 2.73. The molecule has 156 valence electrons. The summed E-state index contributed by atoms with van der Waals surface area (Å²) in [6.07, 6.45) is -0.880. The number of hydrogen-bond donors (Lipinski definition) is 4. The molecule has 5 atom stereocenters. The average molecular weight is 405 g/mol. The molecule has 2 aromatic rings. The van der Waals surface area contributed by atoms with Crippen molar-refractivity contribution in [1.29, 1.82) is 0 Å². The number of pyridine rings is 1. The Morgan fingerprint density at radius 3 is 2.62 bits per heavy atom. The number of benzene rings is 1. The van der Waals surface area contributed by atoms with E-state index in [1.54, 1.807) is 42.7 Å². The van der Waals surface area contributed by atoms with Gasteiger partial charge in [0.15, 0.2) is 12.1 Å². The second-order valence-electron chi connectivity index (χ2n) is 6.36. The van der Waals surface area contributed by atoms with E-state index in [2.05, 4.69) is 4.98 Å². The summed E-state index contributed by atoms with van der Waals surface area (Å²) >= 11 is 0. The van der Waals surface area contributed by atoms with Crippen molar-refractivity contribution in [3.05, 3.63) is 66.0 Å².